The monoisotopic (exact) mass is 341 g/mol. The molecular weight excluding hydrogens is 321 g/mol. The number of hydrogen-bond donors (Lipinski definition) is 1. The van der Waals surface area contributed by atoms with E-state index in [0.717, 1.165) is 5.69 Å². The average Bonchev–Trinajstić information content (AvgIpc) is 2.62. The number of carbonyl (C=O) groups excluding carboxylic acids is 2. The minimum atomic E-state index is -0.759. The molecule has 2 amide bonds. The van der Waals surface area contributed by atoms with Gasteiger partial charge in [-0.25, -0.2) is 4.39 Å². The number of anilines is 1. The summed E-state index contributed by atoms with van der Waals surface area (Å²) in [6.45, 7) is 0.800. The van der Waals surface area contributed by atoms with Crippen molar-refractivity contribution in [2.24, 2.45) is 0 Å². The summed E-state index contributed by atoms with van der Waals surface area (Å²) in [5, 5.41) is 2.78. The highest BCUT2D eigenvalue weighted by Crippen LogP contribution is 2.26. The summed E-state index contributed by atoms with van der Waals surface area (Å²) in [6.07, 6.45) is 0. The number of amides is 2. The number of piperazine rings is 1. The van der Waals surface area contributed by atoms with Crippen molar-refractivity contribution < 1.29 is 14.0 Å². The molecule has 0 bridgehead atoms. The quantitative estimate of drug-likeness (QED) is 0.931. The highest BCUT2D eigenvalue weighted by atomic mass is 19.1. The Morgan fingerprint density at radius 3 is 2.60 bits per heavy atom. The molecule has 1 atom stereocenters. The van der Waals surface area contributed by atoms with Gasteiger partial charge in [0.25, 0.3) is 5.91 Å². The van der Waals surface area contributed by atoms with E-state index < -0.39 is 6.04 Å². The van der Waals surface area contributed by atoms with Gasteiger partial charge in [-0.05, 0) is 35.9 Å². The molecule has 1 aliphatic heterocycles. The van der Waals surface area contributed by atoms with E-state index in [4.69, 9.17) is 0 Å². The molecule has 3 rings (SSSR count). The van der Waals surface area contributed by atoms with Crippen LogP contribution in [0.15, 0.2) is 48.5 Å². The molecule has 1 N–H and O–H groups in total. The average molecular weight is 341 g/mol. The lowest BCUT2D eigenvalue weighted by atomic mass is 10.0. The number of nitrogens with one attached hydrogen (secondary N) is 1. The van der Waals surface area contributed by atoms with Crippen LogP contribution >= 0.6 is 0 Å². The van der Waals surface area contributed by atoms with Gasteiger partial charge >= 0.3 is 0 Å². The molecule has 1 saturated heterocycles. The van der Waals surface area contributed by atoms with E-state index in [-0.39, 0.29) is 17.6 Å². The summed E-state index contributed by atoms with van der Waals surface area (Å²) in [7, 11) is 3.80. The highest BCUT2D eigenvalue weighted by Gasteiger charge is 2.34. The third-order valence-electron chi connectivity index (χ3n) is 4.27. The Balaban J connectivity index is 1.95. The lowest BCUT2D eigenvalue weighted by Crippen LogP contribution is -2.52. The molecule has 5 nitrogen and oxygen atoms in total. The van der Waals surface area contributed by atoms with Gasteiger partial charge in [0, 0.05) is 38.4 Å². The molecule has 130 valence electrons. The largest absolute Gasteiger partial charge is 0.378 e. The second-order valence-corrected chi connectivity index (χ2v) is 6.19. The fourth-order valence-electron chi connectivity index (χ4n) is 2.94. The van der Waals surface area contributed by atoms with Gasteiger partial charge in [0.05, 0.1) is 0 Å². The molecule has 0 radical (unpaired) electrons. The lowest BCUT2D eigenvalue weighted by Gasteiger charge is -2.35. The van der Waals surface area contributed by atoms with Crippen molar-refractivity contribution >= 4 is 17.5 Å². The third-order valence-corrected chi connectivity index (χ3v) is 4.27. The summed E-state index contributed by atoms with van der Waals surface area (Å²) in [5.41, 5.74) is 2.02. The van der Waals surface area contributed by atoms with Crippen LogP contribution in [0.3, 0.4) is 0 Å². The summed E-state index contributed by atoms with van der Waals surface area (Å²) < 4.78 is 13.2. The molecule has 0 saturated carbocycles. The number of nitrogens with zero attached hydrogens (tertiary/aromatic N) is 2. The van der Waals surface area contributed by atoms with Crippen LogP contribution in [0.4, 0.5) is 10.1 Å². The predicted octanol–water partition coefficient (Wildman–Crippen LogP) is 2.21. The van der Waals surface area contributed by atoms with Crippen molar-refractivity contribution in [2.45, 2.75) is 6.04 Å². The first-order valence-corrected chi connectivity index (χ1v) is 8.09. The van der Waals surface area contributed by atoms with Gasteiger partial charge < -0.3 is 15.1 Å². The number of benzene rings is 2. The molecule has 1 heterocycles. The minimum absolute atomic E-state index is 0.215. The van der Waals surface area contributed by atoms with Crippen molar-refractivity contribution in [3.05, 3.63) is 65.5 Å². The smallest absolute Gasteiger partial charge is 0.254 e. The van der Waals surface area contributed by atoms with Gasteiger partial charge in [-0.2, -0.15) is 0 Å². The van der Waals surface area contributed by atoms with E-state index in [0.29, 0.717) is 24.2 Å². The van der Waals surface area contributed by atoms with Crippen molar-refractivity contribution in [1.29, 1.82) is 0 Å². The van der Waals surface area contributed by atoms with Crippen molar-refractivity contribution in [3.8, 4) is 0 Å². The number of halogens is 1. The first-order chi connectivity index (χ1) is 12.0. The first-order valence-electron chi connectivity index (χ1n) is 8.09. The highest BCUT2D eigenvalue weighted by molar-refractivity contribution is 5.99. The van der Waals surface area contributed by atoms with Gasteiger partial charge in [0.2, 0.25) is 5.91 Å². The topological polar surface area (TPSA) is 52.7 Å². The van der Waals surface area contributed by atoms with Gasteiger partial charge in [-0.15, -0.1) is 0 Å². The van der Waals surface area contributed by atoms with Crippen LogP contribution in [0.5, 0.6) is 0 Å². The van der Waals surface area contributed by atoms with E-state index in [1.54, 1.807) is 29.2 Å². The lowest BCUT2D eigenvalue weighted by molar-refractivity contribution is -0.128. The molecule has 0 spiro atoms. The van der Waals surface area contributed by atoms with Gasteiger partial charge in [-0.3, -0.25) is 9.59 Å². The Morgan fingerprint density at radius 2 is 1.92 bits per heavy atom. The number of hydrogen-bond acceptors (Lipinski definition) is 3. The van der Waals surface area contributed by atoms with E-state index in [9.17, 15) is 14.0 Å². The van der Waals surface area contributed by atoms with Crippen LogP contribution in [0.2, 0.25) is 0 Å². The molecule has 2 aromatic rings. The van der Waals surface area contributed by atoms with Crippen LogP contribution in [0, 0.1) is 5.82 Å². The van der Waals surface area contributed by atoms with E-state index in [1.165, 1.54) is 12.1 Å². The predicted molar refractivity (Wildman–Crippen MR) is 94.0 cm³/mol. The third kappa shape index (κ3) is 3.47. The van der Waals surface area contributed by atoms with Gasteiger partial charge in [-0.1, -0.05) is 18.2 Å². The Hall–Kier alpha value is -2.89. The Labute approximate surface area is 146 Å². The normalized spacial score (nSPS) is 17.2. The maximum atomic E-state index is 13.2. The zero-order valence-corrected chi connectivity index (χ0v) is 14.2. The van der Waals surface area contributed by atoms with Crippen LogP contribution in [-0.4, -0.2) is 43.9 Å². The molecule has 1 aliphatic rings. The van der Waals surface area contributed by atoms with E-state index >= 15 is 0 Å². The number of carbonyl (C=O) groups is 2. The SMILES string of the molecule is CN(C)c1cccc(C(=O)N2CCNC(=O)C2c2ccc(F)cc2)c1. The molecular formula is C19H20FN3O2. The van der Waals surface area contributed by atoms with Crippen LogP contribution < -0.4 is 10.2 Å². The van der Waals surface area contributed by atoms with Crippen molar-refractivity contribution in [1.82, 2.24) is 10.2 Å². The van der Waals surface area contributed by atoms with Crippen LogP contribution in [0.25, 0.3) is 0 Å². The molecule has 1 fully saturated rings. The summed E-state index contributed by atoms with van der Waals surface area (Å²) in [5.74, 6) is -0.848. The van der Waals surface area contributed by atoms with Crippen LogP contribution in [-0.2, 0) is 4.79 Å². The van der Waals surface area contributed by atoms with Crippen molar-refractivity contribution in [2.75, 3.05) is 32.1 Å². The Bertz CT molecular complexity index is 790. The second kappa shape index (κ2) is 6.93. The zero-order chi connectivity index (χ0) is 18.0. The maximum absolute atomic E-state index is 13.2. The summed E-state index contributed by atoms with van der Waals surface area (Å²) in [4.78, 5) is 28.9. The summed E-state index contributed by atoms with van der Waals surface area (Å²) >= 11 is 0. The van der Waals surface area contributed by atoms with Crippen molar-refractivity contribution in [3.63, 3.8) is 0 Å². The molecule has 0 aromatic heterocycles. The van der Waals surface area contributed by atoms with E-state index in [1.807, 2.05) is 31.1 Å². The molecule has 2 aromatic carbocycles. The summed E-state index contributed by atoms with van der Waals surface area (Å²) in [6, 6.07) is 12.2. The fourth-order valence-corrected chi connectivity index (χ4v) is 2.94. The Kier molecular flexibility index (Phi) is 4.70. The molecule has 25 heavy (non-hydrogen) atoms. The fraction of sp³-hybridized carbons (Fsp3) is 0.263. The second-order valence-electron chi connectivity index (χ2n) is 6.19. The minimum Gasteiger partial charge on any atom is -0.378 e. The molecule has 0 aliphatic carbocycles. The molecule has 6 heteroatoms. The van der Waals surface area contributed by atoms with Gasteiger partial charge in [0.15, 0.2) is 0 Å². The number of rotatable bonds is 3. The van der Waals surface area contributed by atoms with E-state index in [2.05, 4.69) is 5.32 Å². The van der Waals surface area contributed by atoms with Gasteiger partial charge in [0.1, 0.15) is 11.9 Å². The van der Waals surface area contributed by atoms with Crippen LogP contribution in [0.1, 0.15) is 22.0 Å². The zero-order valence-electron chi connectivity index (χ0n) is 14.2. The Morgan fingerprint density at radius 1 is 1.20 bits per heavy atom. The maximum Gasteiger partial charge on any atom is 0.254 e. The standard InChI is InChI=1S/C19H20FN3O2/c1-22(2)16-5-3-4-14(12-16)19(25)23-11-10-21-18(24)17(23)13-6-8-15(20)9-7-13/h3-9,12,17H,10-11H2,1-2H3,(H,21,24). The first kappa shape index (κ1) is 17.0. The molecule has 1 unspecified atom stereocenters.